The molecule has 1 aromatic carbocycles. The van der Waals surface area contributed by atoms with E-state index in [4.69, 9.17) is 0 Å². The van der Waals surface area contributed by atoms with Gasteiger partial charge in [0.2, 0.25) is 0 Å². The molecular weight excluding hydrogens is 304 g/mol. The number of nitrogens with one attached hydrogen (secondary N) is 2. The topological polar surface area (TPSA) is 58.2 Å². The van der Waals surface area contributed by atoms with Crippen LogP contribution in [0, 0.1) is 6.92 Å². The smallest absolute Gasteiger partial charge is 0.263 e. The largest absolute Gasteiger partial charge is 0.315 e. The van der Waals surface area contributed by atoms with Crippen LogP contribution >= 0.6 is 11.3 Å². The van der Waals surface area contributed by atoms with Crippen LogP contribution in [0.4, 0.5) is 5.69 Å². The van der Waals surface area contributed by atoms with Gasteiger partial charge in [-0.2, -0.15) is 0 Å². The van der Waals surface area contributed by atoms with Gasteiger partial charge >= 0.3 is 0 Å². The summed E-state index contributed by atoms with van der Waals surface area (Å²) in [7, 11) is -1.74. The van der Waals surface area contributed by atoms with Gasteiger partial charge in [0, 0.05) is 17.1 Å². The van der Waals surface area contributed by atoms with E-state index in [1.54, 1.807) is 12.1 Å². The molecule has 0 radical (unpaired) electrons. The van der Waals surface area contributed by atoms with Crippen LogP contribution in [0.3, 0.4) is 0 Å². The summed E-state index contributed by atoms with van der Waals surface area (Å²) in [5.41, 5.74) is 2.55. The minimum absolute atomic E-state index is 0.390. The predicted molar refractivity (Wildman–Crippen MR) is 88.4 cm³/mol. The summed E-state index contributed by atoms with van der Waals surface area (Å²) >= 11 is 1.46. The van der Waals surface area contributed by atoms with Crippen LogP contribution in [0.2, 0.25) is 0 Å². The van der Waals surface area contributed by atoms with E-state index in [1.165, 1.54) is 16.9 Å². The lowest BCUT2D eigenvalue weighted by Gasteiger charge is -2.10. The zero-order chi connectivity index (χ0) is 15.5. The van der Waals surface area contributed by atoms with Crippen molar-refractivity contribution in [1.29, 1.82) is 0 Å². The van der Waals surface area contributed by atoms with E-state index in [0.717, 1.165) is 16.9 Å². The van der Waals surface area contributed by atoms with Crippen LogP contribution in [0.1, 0.15) is 22.9 Å². The molecule has 2 N–H and O–H groups in total. The van der Waals surface area contributed by atoms with E-state index < -0.39 is 10.0 Å². The van der Waals surface area contributed by atoms with E-state index in [-0.39, 0.29) is 0 Å². The van der Waals surface area contributed by atoms with E-state index in [0.29, 0.717) is 17.1 Å². The van der Waals surface area contributed by atoms with Crippen LogP contribution in [-0.2, 0) is 23.0 Å². The Balaban J connectivity index is 2.31. The van der Waals surface area contributed by atoms with Crippen molar-refractivity contribution in [2.75, 3.05) is 11.8 Å². The average Bonchev–Trinajstić information content (AvgIpc) is 2.81. The molecule has 0 bridgehead atoms. The van der Waals surface area contributed by atoms with Gasteiger partial charge in [-0.05, 0) is 49.0 Å². The molecule has 2 rings (SSSR count). The molecule has 0 unspecified atom stereocenters. The van der Waals surface area contributed by atoms with Crippen LogP contribution < -0.4 is 10.0 Å². The Labute approximate surface area is 130 Å². The molecule has 2 aromatic rings. The fourth-order valence-electron chi connectivity index (χ4n) is 2.15. The highest BCUT2D eigenvalue weighted by Gasteiger charge is 2.22. The first-order valence-corrected chi connectivity index (χ1v) is 9.17. The molecule has 21 heavy (non-hydrogen) atoms. The van der Waals surface area contributed by atoms with Gasteiger partial charge in [-0.1, -0.05) is 19.1 Å². The fraction of sp³-hybridized carbons (Fsp3) is 0.333. The Bertz CT molecular complexity index is 704. The zero-order valence-electron chi connectivity index (χ0n) is 12.4. The summed E-state index contributed by atoms with van der Waals surface area (Å²) in [4.78, 5) is 1.22. The molecule has 0 amide bonds. The normalized spacial score (nSPS) is 11.6. The van der Waals surface area contributed by atoms with Gasteiger partial charge < -0.3 is 5.32 Å². The van der Waals surface area contributed by atoms with Gasteiger partial charge in [-0.15, -0.1) is 11.3 Å². The average molecular weight is 324 g/mol. The maximum Gasteiger partial charge on any atom is 0.263 e. The number of aryl methyl sites for hydroxylation is 2. The number of anilines is 1. The Hall–Kier alpha value is -1.37. The second kappa shape index (κ2) is 6.60. The molecule has 1 aromatic heterocycles. The van der Waals surface area contributed by atoms with Gasteiger partial charge in [0.15, 0.2) is 0 Å². The summed E-state index contributed by atoms with van der Waals surface area (Å²) in [6.45, 7) is 4.44. The first kappa shape index (κ1) is 16.0. The number of hydrogen-bond acceptors (Lipinski definition) is 4. The number of benzene rings is 1. The number of rotatable bonds is 6. The third-order valence-electron chi connectivity index (χ3n) is 3.21. The molecule has 0 fully saturated rings. The van der Waals surface area contributed by atoms with Crippen LogP contribution in [0.25, 0.3) is 0 Å². The first-order chi connectivity index (χ1) is 9.97. The van der Waals surface area contributed by atoms with Crippen LogP contribution in [-0.4, -0.2) is 15.5 Å². The molecule has 0 saturated heterocycles. The molecule has 0 aliphatic carbocycles. The van der Waals surface area contributed by atoms with E-state index in [1.807, 2.05) is 31.5 Å². The quantitative estimate of drug-likeness (QED) is 0.858. The zero-order valence-corrected chi connectivity index (χ0v) is 14.1. The summed E-state index contributed by atoms with van der Waals surface area (Å²) in [6, 6.07) is 7.48. The van der Waals surface area contributed by atoms with Crippen molar-refractivity contribution in [3.63, 3.8) is 0 Å². The summed E-state index contributed by atoms with van der Waals surface area (Å²) in [5, 5.41) is 4.88. The third kappa shape index (κ3) is 3.64. The Kier molecular flexibility index (Phi) is 5.03. The summed E-state index contributed by atoms with van der Waals surface area (Å²) in [5.74, 6) is 0. The molecule has 6 heteroatoms. The minimum Gasteiger partial charge on any atom is -0.315 e. The summed E-state index contributed by atoms with van der Waals surface area (Å²) in [6.07, 6.45) is 0.934. The van der Waals surface area contributed by atoms with Crippen molar-refractivity contribution >= 4 is 27.0 Å². The Morgan fingerprint density at radius 2 is 1.86 bits per heavy atom. The monoisotopic (exact) mass is 324 g/mol. The lowest BCUT2D eigenvalue weighted by atomic mass is 10.2. The number of hydrogen-bond donors (Lipinski definition) is 2. The summed E-state index contributed by atoms with van der Waals surface area (Å²) < 4.78 is 27.9. The van der Waals surface area contributed by atoms with Gasteiger partial charge in [0.25, 0.3) is 10.0 Å². The second-order valence-electron chi connectivity index (χ2n) is 4.86. The molecule has 114 valence electrons. The van der Waals surface area contributed by atoms with Gasteiger partial charge in [-0.3, -0.25) is 4.72 Å². The predicted octanol–water partition coefficient (Wildman–Crippen LogP) is 3.14. The van der Waals surface area contributed by atoms with E-state index in [2.05, 4.69) is 17.0 Å². The van der Waals surface area contributed by atoms with Crippen molar-refractivity contribution in [3.05, 3.63) is 45.6 Å². The first-order valence-electron chi connectivity index (χ1n) is 6.81. The lowest BCUT2D eigenvalue weighted by Crippen LogP contribution is -2.16. The van der Waals surface area contributed by atoms with Gasteiger partial charge in [-0.25, -0.2) is 8.42 Å². The molecule has 0 aliphatic rings. The highest BCUT2D eigenvalue weighted by molar-refractivity contribution is 7.93. The second-order valence-corrected chi connectivity index (χ2v) is 7.44. The molecule has 0 spiro atoms. The van der Waals surface area contributed by atoms with E-state index >= 15 is 0 Å². The molecule has 4 nitrogen and oxygen atoms in total. The minimum atomic E-state index is -3.55. The SMILES string of the molecule is CCc1ccc(NS(=O)(=O)c2c(C)csc2CNC)cc1. The molecule has 1 heterocycles. The lowest BCUT2D eigenvalue weighted by molar-refractivity contribution is 0.599. The Morgan fingerprint density at radius 1 is 1.19 bits per heavy atom. The highest BCUT2D eigenvalue weighted by atomic mass is 32.2. The Morgan fingerprint density at radius 3 is 2.43 bits per heavy atom. The fourth-order valence-corrected chi connectivity index (χ4v) is 5.03. The van der Waals surface area contributed by atoms with Crippen molar-refractivity contribution in [1.82, 2.24) is 5.32 Å². The van der Waals surface area contributed by atoms with Crippen molar-refractivity contribution in [2.24, 2.45) is 0 Å². The van der Waals surface area contributed by atoms with Crippen molar-refractivity contribution in [3.8, 4) is 0 Å². The van der Waals surface area contributed by atoms with Crippen molar-refractivity contribution in [2.45, 2.75) is 31.7 Å². The highest BCUT2D eigenvalue weighted by Crippen LogP contribution is 2.28. The van der Waals surface area contributed by atoms with Gasteiger partial charge in [0.1, 0.15) is 4.90 Å². The maximum atomic E-state index is 12.6. The van der Waals surface area contributed by atoms with Gasteiger partial charge in [0.05, 0.1) is 0 Å². The molecular formula is C15H20N2O2S2. The number of thiophene rings is 1. The van der Waals surface area contributed by atoms with E-state index in [9.17, 15) is 8.42 Å². The molecule has 0 atom stereocenters. The van der Waals surface area contributed by atoms with Crippen LogP contribution in [0.5, 0.6) is 0 Å². The standard InChI is InChI=1S/C15H20N2O2S2/c1-4-12-5-7-13(8-6-12)17-21(18,19)15-11(2)10-20-14(15)9-16-3/h5-8,10,16-17H,4,9H2,1-3H3. The maximum absolute atomic E-state index is 12.6. The molecule has 0 saturated carbocycles. The molecule has 0 aliphatic heterocycles. The third-order valence-corrected chi connectivity index (χ3v) is 6.05. The van der Waals surface area contributed by atoms with Crippen molar-refractivity contribution < 1.29 is 8.42 Å². The van der Waals surface area contributed by atoms with Crippen LogP contribution in [0.15, 0.2) is 34.5 Å². The number of sulfonamides is 1.